The first-order chi connectivity index (χ1) is 10.4. The summed E-state index contributed by atoms with van der Waals surface area (Å²) in [5.41, 5.74) is 4.71. The molecule has 0 radical (unpaired) electrons. The number of fused-ring (bicyclic) bond motifs is 1. The highest BCUT2D eigenvalue weighted by molar-refractivity contribution is 8.01. The number of benzene rings is 2. The van der Waals surface area contributed by atoms with Gasteiger partial charge in [-0.3, -0.25) is 0 Å². The van der Waals surface area contributed by atoms with Crippen molar-refractivity contribution in [3.8, 4) is 11.3 Å². The van der Waals surface area contributed by atoms with Crippen molar-refractivity contribution >= 4 is 28.8 Å². The average molecular weight is 389 g/mol. The summed E-state index contributed by atoms with van der Waals surface area (Å²) in [7, 11) is 0. The number of halogens is 1. The maximum absolute atomic E-state index is 4.87. The van der Waals surface area contributed by atoms with E-state index in [1.165, 1.54) is 15.5 Å². The van der Waals surface area contributed by atoms with Crippen LogP contribution in [0.25, 0.3) is 11.3 Å². The topological polar surface area (TPSA) is 16.2 Å². The van der Waals surface area contributed by atoms with Crippen LogP contribution in [0.15, 0.2) is 75.5 Å². The summed E-state index contributed by atoms with van der Waals surface area (Å²) in [6.45, 7) is 0. The minimum atomic E-state index is 0. The van der Waals surface area contributed by atoms with Crippen molar-refractivity contribution < 1.29 is 21.7 Å². The summed E-state index contributed by atoms with van der Waals surface area (Å²) in [4.78, 5) is 0. The Morgan fingerprint density at radius 3 is 2.18 bits per heavy atom. The van der Waals surface area contributed by atoms with Crippen molar-refractivity contribution in [3.63, 3.8) is 0 Å². The first-order valence-electron chi connectivity index (χ1n) is 6.77. The average Bonchev–Trinajstić information content (AvgIpc) is 2.99. The van der Waals surface area contributed by atoms with Gasteiger partial charge in [0.15, 0.2) is 0 Å². The molecular weight excluding hydrogens is 376 g/mol. The van der Waals surface area contributed by atoms with Crippen molar-refractivity contribution in [1.82, 2.24) is 0 Å². The highest BCUT2D eigenvalue weighted by Gasteiger charge is 2.28. The van der Waals surface area contributed by atoms with Crippen LogP contribution in [0.3, 0.4) is 0 Å². The molecule has 0 saturated heterocycles. The number of rotatable bonds is 2. The molecule has 3 aromatic rings. The van der Waals surface area contributed by atoms with Gasteiger partial charge in [0.05, 0.1) is 16.7 Å². The number of hydrogen-bond acceptors (Lipinski definition) is 3. The van der Waals surface area contributed by atoms with Gasteiger partial charge in [-0.1, -0.05) is 59.9 Å². The molecule has 0 atom stereocenters. The second kappa shape index (κ2) is 6.77. The smallest absolute Gasteiger partial charge is 0.329 e. The molecule has 0 unspecified atom stereocenters. The van der Waals surface area contributed by atoms with Gasteiger partial charge in [0.2, 0.25) is 0 Å². The van der Waals surface area contributed by atoms with E-state index in [-0.39, 0.29) is 17.0 Å². The monoisotopic (exact) mass is 388 g/mol. The SMILES string of the molecule is [Br-].c1ccc(C2=N[n+]3c(-c4ccccc4)csc3SC2)cc1. The van der Waals surface area contributed by atoms with E-state index in [0.717, 1.165) is 17.2 Å². The number of nitrogens with zero attached hydrogens (tertiary/aromatic N) is 2. The Labute approximate surface area is 148 Å². The van der Waals surface area contributed by atoms with E-state index in [1.54, 1.807) is 11.3 Å². The van der Waals surface area contributed by atoms with Crippen LogP contribution in [0.1, 0.15) is 5.56 Å². The van der Waals surface area contributed by atoms with Crippen LogP contribution in [0, 0.1) is 0 Å². The second-order valence-corrected chi connectivity index (χ2v) is 6.85. The third kappa shape index (κ3) is 2.89. The molecule has 4 rings (SSSR count). The fourth-order valence-corrected chi connectivity index (χ4v) is 4.37. The van der Waals surface area contributed by atoms with Crippen LogP contribution < -0.4 is 21.7 Å². The highest BCUT2D eigenvalue weighted by Crippen LogP contribution is 2.29. The summed E-state index contributed by atoms with van der Waals surface area (Å²) < 4.78 is 3.32. The Balaban J connectivity index is 0.00000144. The fraction of sp³-hybridized carbons (Fsp3) is 0.0588. The quantitative estimate of drug-likeness (QED) is 0.599. The van der Waals surface area contributed by atoms with Gasteiger partial charge in [-0.25, -0.2) is 0 Å². The van der Waals surface area contributed by atoms with Gasteiger partial charge < -0.3 is 17.0 Å². The summed E-state index contributed by atoms with van der Waals surface area (Å²) in [6, 6.07) is 20.9. The van der Waals surface area contributed by atoms with Gasteiger partial charge in [0.25, 0.3) is 5.69 Å². The van der Waals surface area contributed by atoms with Gasteiger partial charge >= 0.3 is 4.34 Å². The third-order valence-corrected chi connectivity index (χ3v) is 5.60. The Morgan fingerprint density at radius 2 is 1.50 bits per heavy atom. The zero-order chi connectivity index (χ0) is 14.1. The van der Waals surface area contributed by atoms with Gasteiger partial charge in [-0.15, -0.1) is 0 Å². The molecule has 1 aliphatic rings. The Hall–Kier alpha value is -1.43. The largest absolute Gasteiger partial charge is 1.00 e. The molecule has 110 valence electrons. The number of aromatic nitrogens is 1. The Bertz CT molecular complexity index is 798. The summed E-state index contributed by atoms with van der Waals surface area (Å²) >= 11 is 3.62. The summed E-state index contributed by atoms with van der Waals surface area (Å²) in [5.74, 6) is 0.929. The molecule has 5 heteroatoms. The van der Waals surface area contributed by atoms with E-state index >= 15 is 0 Å². The van der Waals surface area contributed by atoms with Crippen LogP contribution in [-0.4, -0.2) is 11.5 Å². The van der Waals surface area contributed by atoms with E-state index in [1.807, 2.05) is 23.9 Å². The van der Waals surface area contributed by atoms with E-state index in [9.17, 15) is 0 Å². The Kier molecular flexibility index (Phi) is 4.76. The van der Waals surface area contributed by atoms with E-state index < -0.39 is 0 Å². The predicted molar refractivity (Wildman–Crippen MR) is 89.1 cm³/mol. The second-order valence-electron chi connectivity index (χ2n) is 4.77. The van der Waals surface area contributed by atoms with Crippen LogP contribution in [-0.2, 0) is 0 Å². The molecule has 2 heterocycles. The standard InChI is InChI=1S/C17H13N2S2.BrH/c1-3-7-13(8-4-1)15-11-20-17-19(18-15)16(12-21-17)14-9-5-2-6-10-14;/h1-10,12H,11H2;1H/q+1;/p-1. The lowest BCUT2D eigenvalue weighted by molar-refractivity contribution is -0.699. The van der Waals surface area contributed by atoms with Gasteiger partial charge in [-0.05, 0) is 28.6 Å². The minimum absolute atomic E-state index is 0. The lowest BCUT2D eigenvalue weighted by Crippen LogP contribution is -3.00. The van der Waals surface area contributed by atoms with Crippen molar-refractivity contribution in [2.75, 3.05) is 5.75 Å². The third-order valence-electron chi connectivity index (χ3n) is 3.40. The van der Waals surface area contributed by atoms with E-state index in [4.69, 9.17) is 5.10 Å². The zero-order valence-electron chi connectivity index (χ0n) is 11.6. The van der Waals surface area contributed by atoms with Crippen molar-refractivity contribution in [1.29, 1.82) is 0 Å². The normalized spacial score (nSPS) is 13.0. The van der Waals surface area contributed by atoms with Crippen molar-refractivity contribution in [3.05, 3.63) is 71.6 Å². The first kappa shape index (κ1) is 15.5. The molecule has 0 saturated carbocycles. The first-order valence-corrected chi connectivity index (χ1v) is 8.63. The van der Waals surface area contributed by atoms with Gasteiger partial charge in [0, 0.05) is 10.7 Å². The molecule has 0 bridgehead atoms. The molecule has 0 amide bonds. The fourth-order valence-electron chi connectivity index (χ4n) is 2.34. The van der Waals surface area contributed by atoms with Crippen LogP contribution in [0.4, 0.5) is 0 Å². The van der Waals surface area contributed by atoms with Gasteiger partial charge in [0.1, 0.15) is 5.71 Å². The molecule has 0 N–H and O–H groups in total. The number of thioether (sulfide) groups is 1. The summed E-state index contributed by atoms with van der Waals surface area (Å²) in [5, 5.41) is 7.06. The Morgan fingerprint density at radius 1 is 0.864 bits per heavy atom. The molecule has 0 spiro atoms. The molecule has 1 aromatic heterocycles. The predicted octanol–water partition coefficient (Wildman–Crippen LogP) is 1.06. The van der Waals surface area contributed by atoms with Crippen molar-refractivity contribution in [2.24, 2.45) is 5.10 Å². The van der Waals surface area contributed by atoms with E-state index in [2.05, 4.69) is 58.6 Å². The number of thiazole rings is 1. The lowest BCUT2D eigenvalue weighted by Gasteiger charge is -2.06. The lowest BCUT2D eigenvalue weighted by atomic mass is 10.1. The maximum atomic E-state index is 4.87. The van der Waals surface area contributed by atoms with E-state index in [0.29, 0.717) is 0 Å². The minimum Gasteiger partial charge on any atom is -1.00 e. The summed E-state index contributed by atoms with van der Waals surface area (Å²) in [6.07, 6.45) is 0. The van der Waals surface area contributed by atoms with Crippen LogP contribution in [0.5, 0.6) is 0 Å². The molecule has 2 aromatic carbocycles. The zero-order valence-corrected chi connectivity index (χ0v) is 14.9. The molecular formula is C17H13BrN2S2. The highest BCUT2D eigenvalue weighted by atomic mass is 79.9. The number of hydrogen-bond donors (Lipinski definition) is 0. The maximum Gasteiger partial charge on any atom is 0.329 e. The molecule has 0 aliphatic carbocycles. The molecule has 2 nitrogen and oxygen atoms in total. The van der Waals surface area contributed by atoms with Crippen molar-refractivity contribution in [2.45, 2.75) is 4.34 Å². The molecule has 1 aliphatic heterocycles. The van der Waals surface area contributed by atoms with Gasteiger partial charge in [-0.2, -0.15) is 0 Å². The molecule has 22 heavy (non-hydrogen) atoms. The molecule has 0 fully saturated rings. The van der Waals surface area contributed by atoms with Crippen LogP contribution in [0.2, 0.25) is 0 Å². The van der Waals surface area contributed by atoms with Crippen LogP contribution >= 0.6 is 23.1 Å².